The first-order valence-corrected chi connectivity index (χ1v) is 18.7. The average Bonchev–Trinajstić information content (AvgIpc) is 2.79. The van der Waals surface area contributed by atoms with E-state index in [2.05, 4.69) is 67.7 Å². The first kappa shape index (κ1) is 31.4. The predicted molar refractivity (Wildman–Crippen MR) is 148 cm³/mol. The molecule has 9 heteroatoms. The number of hydrogen-bond acceptors (Lipinski definition) is 7. The maximum Gasteiger partial charge on any atom is 0.210 e. The van der Waals surface area contributed by atoms with Crippen LogP contribution in [-0.4, -0.2) is 68.9 Å². The summed E-state index contributed by atoms with van der Waals surface area (Å²) in [4.78, 5) is 0. The van der Waals surface area contributed by atoms with Crippen LogP contribution in [0.5, 0.6) is 5.75 Å². The van der Waals surface area contributed by atoms with Gasteiger partial charge in [-0.25, -0.2) is 0 Å². The number of benzene rings is 1. The highest BCUT2D eigenvalue weighted by Crippen LogP contribution is 2.40. The van der Waals surface area contributed by atoms with E-state index in [1.54, 1.807) is 14.2 Å². The Kier molecular flexibility index (Phi) is 10.8. The molecule has 1 aliphatic heterocycles. The Morgan fingerprint density at radius 1 is 0.889 bits per heavy atom. The fraction of sp³-hybridized carbons (Fsp3) is 0.778. The van der Waals surface area contributed by atoms with E-state index in [-0.39, 0.29) is 22.3 Å². The molecule has 0 amide bonds. The first-order valence-electron chi connectivity index (χ1n) is 12.9. The van der Waals surface area contributed by atoms with Gasteiger partial charge in [-0.3, -0.25) is 0 Å². The lowest BCUT2D eigenvalue weighted by Gasteiger charge is -2.45. The second-order valence-corrected chi connectivity index (χ2v) is 22.2. The highest BCUT2D eigenvalue weighted by molar-refractivity contribution is 6.74. The third kappa shape index (κ3) is 8.36. The molecule has 1 aliphatic rings. The van der Waals surface area contributed by atoms with Gasteiger partial charge in [-0.1, -0.05) is 53.7 Å². The van der Waals surface area contributed by atoms with Crippen molar-refractivity contribution in [1.29, 1.82) is 0 Å². The van der Waals surface area contributed by atoms with Crippen LogP contribution in [0.15, 0.2) is 24.3 Å². The Balaban J connectivity index is 2.19. The molecular weight excluding hydrogens is 492 g/mol. The minimum Gasteiger partial charge on any atom is -0.497 e. The van der Waals surface area contributed by atoms with E-state index in [4.69, 9.17) is 32.5 Å². The van der Waals surface area contributed by atoms with Gasteiger partial charge >= 0.3 is 0 Å². The zero-order chi connectivity index (χ0) is 27.4. The van der Waals surface area contributed by atoms with Crippen molar-refractivity contribution in [3.05, 3.63) is 29.8 Å². The highest BCUT2D eigenvalue weighted by Gasteiger charge is 2.45. The summed E-state index contributed by atoms with van der Waals surface area (Å²) >= 11 is 0. The Bertz CT molecular complexity index is 800. The molecule has 208 valence electrons. The number of hydrogen-bond donors (Lipinski definition) is 0. The van der Waals surface area contributed by atoms with Gasteiger partial charge in [-0.05, 0) is 54.0 Å². The van der Waals surface area contributed by atoms with Gasteiger partial charge in [0.25, 0.3) is 0 Å². The lowest BCUT2D eigenvalue weighted by molar-refractivity contribution is -0.346. The minimum atomic E-state index is -2.11. The van der Waals surface area contributed by atoms with Crippen LogP contribution in [0, 0.1) is 0 Å². The smallest absolute Gasteiger partial charge is 0.210 e. The molecular formula is C27H50O7Si2. The van der Waals surface area contributed by atoms with Gasteiger partial charge in [0.05, 0.1) is 33.0 Å². The second-order valence-electron chi connectivity index (χ2n) is 12.6. The molecule has 1 heterocycles. The largest absolute Gasteiger partial charge is 0.497 e. The zero-order valence-corrected chi connectivity index (χ0v) is 26.6. The molecule has 1 aromatic carbocycles. The molecule has 1 saturated heterocycles. The second kappa shape index (κ2) is 12.4. The van der Waals surface area contributed by atoms with Crippen molar-refractivity contribution in [1.82, 2.24) is 0 Å². The number of ether oxygens (including phenoxy) is 5. The van der Waals surface area contributed by atoms with Gasteiger partial charge in [0, 0.05) is 7.11 Å². The standard InChI is InChI=1S/C27H50O7Si2/c1-26(2,3)35(9,10)32-19-23(34-36(11,12)27(4,5)6)22-18-31-24(29-8)25(33-22)30-17-20-13-15-21(28-7)16-14-20/h13-16,22-25H,17-19H2,1-12H3/t22-,23+,24+,25-/m1/s1. The van der Waals surface area contributed by atoms with Crippen molar-refractivity contribution in [2.45, 2.75) is 109 Å². The van der Waals surface area contributed by atoms with E-state index in [9.17, 15) is 0 Å². The van der Waals surface area contributed by atoms with Gasteiger partial charge in [0.15, 0.2) is 16.6 Å². The van der Waals surface area contributed by atoms with E-state index >= 15 is 0 Å². The lowest BCUT2D eigenvalue weighted by Crippen LogP contribution is -2.56. The van der Waals surface area contributed by atoms with Crippen molar-refractivity contribution in [3.8, 4) is 5.75 Å². The molecule has 7 nitrogen and oxygen atoms in total. The van der Waals surface area contributed by atoms with E-state index < -0.39 is 29.2 Å². The van der Waals surface area contributed by atoms with Crippen LogP contribution in [0.3, 0.4) is 0 Å². The molecule has 4 atom stereocenters. The fourth-order valence-corrected chi connectivity index (χ4v) is 5.56. The van der Waals surface area contributed by atoms with Crippen molar-refractivity contribution in [3.63, 3.8) is 0 Å². The number of rotatable bonds is 11. The molecule has 2 rings (SSSR count). The van der Waals surface area contributed by atoms with Gasteiger partial charge in [-0.2, -0.15) is 0 Å². The molecule has 0 aromatic heterocycles. The van der Waals surface area contributed by atoms with Crippen LogP contribution in [0.1, 0.15) is 47.1 Å². The van der Waals surface area contributed by atoms with Crippen LogP contribution in [0.25, 0.3) is 0 Å². The predicted octanol–water partition coefficient (Wildman–Crippen LogP) is 6.34. The Hall–Kier alpha value is -0.786. The maximum absolute atomic E-state index is 6.88. The van der Waals surface area contributed by atoms with Gasteiger partial charge < -0.3 is 32.5 Å². The summed E-state index contributed by atoms with van der Waals surface area (Å²) in [5, 5.41) is 0.153. The fourth-order valence-electron chi connectivity index (χ4n) is 3.22. The van der Waals surface area contributed by atoms with Gasteiger partial charge in [-0.15, -0.1) is 0 Å². The Morgan fingerprint density at radius 3 is 1.97 bits per heavy atom. The SMILES string of the molecule is COc1ccc(CO[C@@H]2O[C@@H]([C@H](CO[Si](C)(C)C(C)(C)C)O[Si](C)(C)C(C)(C)C)CO[C@@H]2OC)cc1. The number of methoxy groups -OCH3 is 2. The lowest BCUT2D eigenvalue weighted by atomic mass is 10.2. The summed E-state index contributed by atoms with van der Waals surface area (Å²) in [5.41, 5.74) is 1.01. The summed E-state index contributed by atoms with van der Waals surface area (Å²) in [6.45, 7) is 23.7. The maximum atomic E-state index is 6.88. The summed E-state index contributed by atoms with van der Waals surface area (Å²) in [7, 11) is -0.839. The molecule has 0 spiro atoms. The molecule has 0 radical (unpaired) electrons. The van der Waals surface area contributed by atoms with Crippen LogP contribution in [-0.2, 0) is 34.4 Å². The van der Waals surface area contributed by atoms with Crippen LogP contribution in [0.2, 0.25) is 36.3 Å². The van der Waals surface area contributed by atoms with E-state index in [0.29, 0.717) is 19.8 Å². The van der Waals surface area contributed by atoms with Crippen LogP contribution >= 0.6 is 0 Å². The molecule has 1 aromatic rings. The molecule has 1 fully saturated rings. The van der Waals surface area contributed by atoms with E-state index in [0.717, 1.165) is 11.3 Å². The van der Waals surface area contributed by atoms with Crippen molar-refractivity contribution >= 4 is 16.6 Å². The van der Waals surface area contributed by atoms with Crippen molar-refractivity contribution in [2.24, 2.45) is 0 Å². The summed E-state index contributed by atoms with van der Waals surface area (Å²) in [6, 6.07) is 7.76. The van der Waals surface area contributed by atoms with Crippen molar-refractivity contribution in [2.75, 3.05) is 27.4 Å². The third-order valence-corrected chi connectivity index (χ3v) is 16.8. The highest BCUT2D eigenvalue weighted by atomic mass is 28.4. The van der Waals surface area contributed by atoms with Crippen LogP contribution < -0.4 is 4.74 Å². The molecule has 0 saturated carbocycles. The third-order valence-electron chi connectivity index (χ3n) is 7.84. The Morgan fingerprint density at radius 2 is 1.47 bits per heavy atom. The Labute approximate surface area is 221 Å². The average molecular weight is 543 g/mol. The minimum absolute atomic E-state index is 0.0527. The molecule has 36 heavy (non-hydrogen) atoms. The topological polar surface area (TPSA) is 64.6 Å². The van der Waals surface area contributed by atoms with Gasteiger partial charge in [0.2, 0.25) is 12.6 Å². The van der Waals surface area contributed by atoms with E-state index in [1.165, 1.54) is 0 Å². The quantitative estimate of drug-likeness (QED) is 0.302. The van der Waals surface area contributed by atoms with Gasteiger partial charge in [0.1, 0.15) is 11.9 Å². The van der Waals surface area contributed by atoms with E-state index in [1.807, 2.05) is 24.3 Å². The molecule has 0 unspecified atom stereocenters. The molecule has 0 N–H and O–H groups in total. The molecule has 0 bridgehead atoms. The van der Waals surface area contributed by atoms with Crippen molar-refractivity contribution < 1.29 is 32.5 Å². The zero-order valence-electron chi connectivity index (χ0n) is 24.6. The summed E-state index contributed by atoms with van der Waals surface area (Å²) < 4.78 is 42.9. The molecule has 0 aliphatic carbocycles. The summed E-state index contributed by atoms with van der Waals surface area (Å²) in [5.74, 6) is 0.804. The van der Waals surface area contributed by atoms with Crippen LogP contribution in [0.4, 0.5) is 0 Å². The summed E-state index contributed by atoms with van der Waals surface area (Å²) in [6.07, 6.45) is -1.91. The monoisotopic (exact) mass is 542 g/mol. The first-order chi connectivity index (χ1) is 16.5. The normalized spacial score (nSPS) is 22.9.